The van der Waals surface area contributed by atoms with E-state index in [4.69, 9.17) is 9.84 Å². The fourth-order valence-corrected chi connectivity index (χ4v) is 2.19. The largest absolute Gasteiger partial charge is 0.395 e. The van der Waals surface area contributed by atoms with E-state index in [9.17, 15) is 9.59 Å². The van der Waals surface area contributed by atoms with Crippen molar-refractivity contribution in [2.24, 2.45) is 0 Å². The molecule has 2 rings (SSSR count). The molecular weight excluding hydrogens is 272 g/mol. The summed E-state index contributed by atoms with van der Waals surface area (Å²) in [6.07, 6.45) is 0. The van der Waals surface area contributed by atoms with Gasteiger partial charge in [-0.1, -0.05) is 18.2 Å². The van der Waals surface area contributed by atoms with Gasteiger partial charge in [-0.2, -0.15) is 0 Å². The maximum Gasteiger partial charge on any atom is 0.254 e. The summed E-state index contributed by atoms with van der Waals surface area (Å²) >= 11 is 0. The number of aromatic amines is 1. The summed E-state index contributed by atoms with van der Waals surface area (Å²) < 4.78 is 4.97. The molecule has 2 N–H and O–H groups in total. The zero-order valence-electron chi connectivity index (χ0n) is 11.8. The van der Waals surface area contributed by atoms with Crippen molar-refractivity contribution < 1.29 is 14.6 Å². The van der Waals surface area contributed by atoms with Gasteiger partial charge in [0.15, 0.2) is 0 Å². The van der Waals surface area contributed by atoms with Gasteiger partial charge in [0.2, 0.25) is 5.56 Å². The molecule has 0 saturated heterocycles. The monoisotopic (exact) mass is 290 g/mol. The van der Waals surface area contributed by atoms with Crippen molar-refractivity contribution in [2.75, 3.05) is 33.4 Å². The number of benzene rings is 1. The first-order chi connectivity index (χ1) is 10.2. The van der Waals surface area contributed by atoms with Crippen molar-refractivity contribution in [3.63, 3.8) is 0 Å². The van der Waals surface area contributed by atoms with Crippen LogP contribution in [-0.2, 0) is 4.74 Å². The van der Waals surface area contributed by atoms with Gasteiger partial charge in [0, 0.05) is 37.2 Å². The van der Waals surface area contributed by atoms with Crippen molar-refractivity contribution in [3.8, 4) is 0 Å². The molecule has 0 bridgehead atoms. The molecule has 0 unspecified atom stereocenters. The van der Waals surface area contributed by atoms with E-state index < -0.39 is 0 Å². The molecule has 0 saturated carbocycles. The lowest BCUT2D eigenvalue weighted by atomic mass is 10.1. The van der Waals surface area contributed by atoms with Gasteiger partial charge >= 0.3 is 0 Å². The second-order valence-electron chi connectivity index (χ2n) is 4.60. The van der Waals surface area contributed by atoms with E-state index in [-0.39, 0.29) is 24.6 Å². The van der Waals surface area contributed by atoms with E-state index in [0.29, 0.717) is 29.6 Å². The molecule has 1 amide bonds. The third-order valence-electron chi connectivity index (χ3n) is 3.20. The number of ether oxygens (including phenoxy) is 1. The number of H-pyrrole nitrogens is 1. The van der Waals surface area contributed by atoms with Crippen molar-refractivity contribution in [1.29, 1.82) is 0 Å². The standard InChI is InChI=1S/C15H18N2O4/c1-21-9-7-17(6-8-18)15(20)12-10-14(19)16-13-5-3-2-4-11(12)13/h2-5,10,18H,6-9H2,1H3,(H,16,19). The van der Waals surface area contributed by atoms with Crippen LogP contribution in [0.25, 0.3) is 10.9 Å². The average molecular weight is 290 g/mol. The molecule has 0 aliphatic heterocycles. The second kappa shape index (κ2) is 7.01. The predicted octanol–water partition coefficient (Wildman–Crippen LogP) is 0.609. The zero-order chi connectivity index (χ0) is 15.2. The average Bonchev–Trinajstić information content (AvgIpc) is 2.50. The summed E-state index contributed by atoms with van der Waals surface area (Å²) in [5, 5.41) is 9.78. The molecule has 1 aromatic heterocycles. The van der Waals surface area contributed by atoms with E-state index in [1.54, 1.807) is 25.3 Å². The minimum absolute atomic E-state index is 0.142. The highest BCUT2D eigenvalue weighted by Crippen LogP contribution is 2.16. The number of nitrogens with zero attached hydrogens (tertiary/aromatic N) is 1. The predicted molar refractivity (Wildman–Crippen MR) is 79.4 cm³/mol. The van der Waals surface area contributed by atoms with Crippen molar-refractivity contribution >= 4 is 16.8 Å². The lowest BCUT2D eigenvalue weighted by molar-refractivity contribution is 0.0658. The Morgan fingerprint density at radius 2 is 2.10 bits per heavy atom. The quantitative estimate of drug-likeness (QED) is 0.816. The van der Waals surface area contributed by atoms with Crippen LogP contribution in [0.3, 0.4) is 0 Å². The number of methoxy groups -OCH3 is 1. The van der Waals surface area contributed by atoms with Gasteiger partial charge in [0.25, 0.3) is 5.91 Å². The van der Waals surface area contributed by atoms with E-state index in [1.807, 2.05) is 6.07 Å². The Labute approximate surface area is 122 Å². The molecule has 0 radical (unpaired) electrons. The van der Waals surface area contributed by atoms with Gasteiger partial charge in [-0.05, 0) is 6.07 Å². The number of amides is 1. The molecule has 1 heterocycles. The lowest BCUT2D eigenvalue weighted by Crippen LogP contribution is -2.36. The molecule has 0 fully saturated rings. The van der Waals surface area contributed by atoms with E-state index in [0.717, 1.165) is 0 Å². The second-order valence-corrected chi connectivity index (χ2v) is 4.60. The molecule has 0 spiro atoms. The van der Waals surface area contributed by atoms with Gasteiger partial charge in [0.1, 0.15) is 0 Å². The molecule has 0 atom stereocenters. The number of para-hydroxylation sites is 1. The fourth-order valence-electron chi connectivity index (χ4n) is 2.19. The first kappa shape index (κ1) is 15.2. The third-order valence-corrected chi connectivity index (χ3v) is 3.20. The van der Waals surface area contributed by atoms with Gasteiger partial charge in [-0.3, -0.25) is 9.59 Å². The molecule has 0 aliphatic carbocycles. The van der Waals surface area contributed by atoms with Crippen LogP contribution >= 0.6 is 0 Å². The van der Waals surface area contributed by atoms with Crippen LogP contribution in [0.5, 0.6) is 0 Å². The number of aromatic nitrogens is 1. The molecule has 21 heavy (non-hydrogen) atoms. The minimum Gasteiger partial charge on any atom is -0.395 e. The normalized spacial score (nSPS) is 10.8. The Balaban J connectivity index is 2.43. The molecule has 1 aromatic carbocycles. The first-order valence-corrected chi connectivity index (χ1v) is 6.68. The van der Waals surface area contributed by atoms with E-state index in [1.165, 1.54) is 11.0 Å². The maximum absolute atomic E-state index is 12.6. The minimum atomic E-state index is -0.326. The molecular formula is C15H18N2O4. The van der Waals surface area contributed by atoms with Crippen LogP contribution in [0, 0.1) is 0 Å². The molecule has 112 valence electrons. The van der Waals surface area contributed by atoms with Crippen molar-refractivity contribution in [2.45, 2.75) is 0 Å². The summed E-state index contributed by atoms with van der Waals surface area (Å²) in [5.41, 5.74) is 0.621. The Hall–Kier alpha value is -2.18. The number of carbonyl (C=O) groups is 1. The third kappa shape index (κ3) is 3.48. The summed E-state index contributed by atoms with van der Waals surface area (Å²) in [6.45, 7) is 0.782. The highest BCUT2D eigenvalue weighted by Gasteiger charge is 2.18. The molecule has 6 heteroatoms. The number of nitrogens with one attached hydrogen (secondary N) is 1. The summed E-state index contributed by atoms with van der Waals surface area (Å²) in [6, 6.07) is 8.43. The lowest BCUT2D eigenvalue weighted by Gasteiger charge is -2.22. The number of fused-ring (bicyclic) bond motifs is 1. The van der Waals surface area contributed by atoms with Crippen LogP contribution in [0.2, 0.25) is 0 Å². The van der Waals surface area contributed by atoms with Crippen LogP contribution < -0.4 is 5.56 Å². The number of carbonyl (C=O) groups excluding carboxylic acids is 1. The number of hydrogen-bond acceptors (Lipinski definition) is 4. The van der Waals surface area contributed by atoms with Crippen LogP contribution in [0.1, 0.15) is 10.4 Å². The Bertz CT molecular complexity index is 681. The first-order valence-electron chi connectivity index (χ1n) is 6.68. The van der Waals surface area contributed by atoms with Gasteiger partial charge < -0.3 is 19.7 Å². The topological polar surface area (TPSA) is 82.6 Å². The van der Waals surface area contributed by atoms with Crippen molar-refractivity contribution in [1.82, 2.24) is 9.88 Å². The van der Waals surface area contributed by atoms with Crippen LogP contribution in [-0.4, -0.2) is 54.3 Å². The zero-order valence-corrected chi connectivity index (χ0v) is 11.8. The summed E-state index contributed by atoms with van der Waals surface area (Å²) in [4.78, 5) is 28.5. The molecule has 0 aliphatic rings. The number of aliphatic hydroxyl groups is 1. The van der Waals surface area contributed by atoms with Crippen LogP contribution in [0.15, 0.2) is 35.1 Å². The summed E-state index contributed by atoms with van der Waals surface area (Å²) in [7, 11) is 1.55. The van der Waals surface area contributed by atoms with Crippen molar-refractivity contribution in [3.05, 3.63) is 46.2 Å². The fraction of sp³-hybridized carbons (Fsp3) is 0.333. The smallest absolute Gasteiger partial charge is 0.254 e. The number of rotatable bonds is 6. The number of aliphatic hydroxyl groups excluding tert-OH is 1. The van der Waals surface area contributed by atoms with Gasteiger partial charge in [0.05, 0.1) is 18.8 Å². The number of hydrogen-bond donors (Lipinski definition) is 2. The molecule has 6 nitrogen and oxygen atoms in total. The van der Waals surface area contributed by atoms with Gasteiger partial charge in [-0.15, -0.1) is 0 Å². The van der Waals surface area contributed by atoms with E-state index in [2.05, 4.69) is 4.98 Å². The highest BCUT2D eigenvalue weighted by atomic mass is 16.5. The van der Waals surface area contributed by atoms with Crippen LogP contribution in [0.4, 0.5) is 0 Å². The Morgan fingerprint density at radius 1 is 1.33 bits per heavy atom. The number of pyridine rings is 1. The Morgan fingerprint density at radius 3 is 2.81 bits per heavy atom. The van der Waals surface area contributed by atoms with Gasteiger partial charge in [-0.25, -0.2) is 0 Å². The molecule has 2 aromatic rings. The summed E-state index contributed by atoms with van der Waals surface area (Å²) in [5.74, 6) is -0.289. The Kier molecular flexibility index (Phi) is 5.08. The highest BCUT2D eigenvalue weighted by molar-refractivity contribution is 6.05. The van der Waals surface area contributed by atoms with E-state index >= 15 is 0 Å². The maximum atomic E-state index is 12.6. The SMILES string of the molecule is COCCN(CCO)C(=O)c1cc(=O)[nH]c2ccccc12.